The van der Waals surface area contributed by atoms with Crippen LogP contribution in [0.5, 0.6) is 0 Å². The number of rotatable bonds is 7. The Balaban J connectivity index is 1.70. The minimum Gasteiger partial charge on any atom is -0.354 e. The Hall–Kier alpha value is -2.73. The summed E-state index contributed by atoms with van der Waals surface area (Å²) in [4.78, 5) is 27.8. The molecule has 1 aromatic heterocycles. The van der Waals surface area contributed by atoms with Crippen molar-refractivity contribution < 1.29 is 9.59 Å². The van der Waals surface area contributed by atoms with E-state index in [2.05, 4.69) is 15.6 Å². The van der Waals surface area contributed by atoms with Crippen molar-refractivity contribution in [3.63, 3.8) is 0 Å². The van der Waals surface area contributed by atoms with Crippen LogP contribution in [0.1, 0.15) is 29.2 Å². The van der Waals surface area contributed by atoms with Crippen molar-refractivity contribution in [2.45, 2.75) is 25.9 Å². The molecular formula is C18H22N4O2. The number of nitrogens with one attached hydrogen (secondary N) is 2. The molecule has 0 radical (unpaired) electrons. The van der Waals surface area contributed by atoms with E-state index in [1.165, 1.54) is 0 Å². The predicted molar refractivity (Wildman–Crippen MR) is 91.8 cm³/mol. The van der Waals surface area contributed by atoms with Crippen molar-refractivity contribution in [2.24, 2.45) is 5.73 Å². The molecule has 0 aliphatic heterocycles. The Morgan fingerprint density at radius 2 is 1.92 bits per heavy atom. The normalized spacial score (nSPS) is 11.6. The number of benzene rings is 1. The highest BCUT2D eigenvalue weighted by molar-refractivity contribution is 5.83. The van der Waals surface area contributed by atoms with Crippen LogP contribution in [0.3, 0.4) is 0 Å². The van der Waals surface area contributed by atoms with E-state index in [-0.39, 0.29) is 24.8 Å². The Kier molecular flexibility index (Phi) is 6.45. The molecule has 0 saturated carbocycles. The van der Waals surface area contributed by atoms with Crippen molar-refractivity contribution in [1.29, 1.82) is 0 Å². The summed E-state index contributed by atoms with van der Waals surface area (Å²) in [5, 5.41) is 5.47. The number of nitrogens with two attached hydrogens (primary N) is 1. The summed E-state index contributed by atoms with van der Waals surface area (Å²) in [5.74, 6) is -0.429. The summed E-state index contributed by atoms with van der Waals surface area (Å²) in [6.07, 6.45) is 3.58. The van der Waals surface area contributed by atoms with Crippen LogP contribution in [0.2, 0.25) is 0 Å². The fourth-order valence-corrected chi connectivity index (χ4v) is 2.13. The van der Waals surface area contributed by atoms with Gasteiger partial charge in [0.15, 0.2) is 0 Å². The van der Waals surface area contributed by atoms with Crippen LogP contribution in [0, 0.1) is 6.92 Å². The number of aromatic nitrogens is 1. The second-order valence-corrected chi connectivity index (χ2v) is 5.57. The Morgan fingerprint density at radius 3 is 2.58 bits per heavy atom. The van der Waals surface area contributed by atoms with Crippen molar-refractivity contribution >= 4 is 11.8 Å². The minimum absolute atomic E-state index is 0.136. The lowest BCUT2D eigenvalue weighted by molar-refractivity contribution is -0.123. The molecule has 0 fully saturated rings. The SMILES string of the molecule is Cc1ccc(C(N)C(=O)NCCC(=O)NCc2cccnc2)cc1. The zero-order valence-electron chi connectivity index (χ0n) is 13.7. The molecule has 2 amide bonds. The first-order valence-electron chi connectivity index (χ1n) is 7.81. The molecule has 0 bridgehead atoms. The zero-order chi connectivity index (χ0) is 17.4. The van der Waals surface area contributed by atoms with Crippen molar-refractivity contribution in [3.8, 4) is 0 Å². The molecule has 2 aromatic rings. The van der Waals surface area contributed by atoms with Gasteiger partial charge in [-0.3, -0.25) is 14.6 Å². The third-order valence-corrected chi connectivity index (χ3v) is 3.58. The van der Waals surface area contributed by atoms with Crippen molar-refractivity contribution in [2.75, 3.05) is 6.54 Å². The van der Waals surface area contributed by atoms with Gasteiger partial charge in [0, 0.05) is 31.9 Å². The van der Waals surface area contributed by atoms with E-state index in [0.29, 0.717) is 6.54 Å². The molecular weight excluding hydrogens is 304 g/mol. The predicted octanol–water partition coefficient (Wildman–Crippen LogP) is 1.21. The topological polar surface area (TPSA) is 97.1 Å². The molecule has 1 aromatic carbocycles. The maximum atomic E-state index is 12.0. The van der Waals surface area contributed by atoms with Crippen LogP contribution < -0.4 is 16.4 Å². The second kappa shape index (κ2) is 8.79. The van der Waals surface area contributed by atoms with Gasteiger partial charge in [-0.25, -0.2) is 0 Å². The highest BCUT2D eigenvalue weighted by Gasteiger charge is 2.15. The number of hydrogen-bond donors (Lipinski definition) is 3. The molecule has 0 aliphatic rings. The Labute approximate surface area is 141 Å². The molecule has 126 valence electrons. The van der Waals surface area contributed by atoms with Crippen LogP contribution >= 0.6 is 0 Å². The quantitative estimate of drug-likeness (QED) is 0.712. The molecule has 6 heteroatoms. The van der Waals surface area contributed by atoms with Gasteiger partial charge in [-0.15, -0.1) is 0 Å². The lowest BCUT2D eigenvalue weighted by Crippen LogP contribution is -2.36. The van der Waals surface area contributed by atoms with Gasteiger partial charge in [0.2, 0.25) is 11.8 Å². The van der Waals surface area contributed by atoms with Crippen LogP contribution in [-0.2, 0) is 16.1 Å². The largest absolute Gasteiger partial charge is 0.354 e. The lowest BCUT2D eigenvalue weighted by atomic mass is 10.1. The molecule has 0 spiro atoms. The van der Waals surface area contributed by atoms with Gasteiger partial charge in [0.1, 0.15) is 6.04 Å². The highest BCUT2D eigenvalue weighted by Crippen LogP contribution is 2.11. The lowest BCUT2D eigenvalue weighted by Gasteiger charge is -2.13. The summed E-state index contributed by atoms with van der Waals surface area (Å²) in [7, 11) is 0. The molecule has 2 rings (SSSR count). The second-order valence-electron chi connectivity index (χ2n) is 5.57. The van der Waals surface area contributed by atoms with E-state index in [0.717, 1.165) is 16.7 Å². The van der Waals surface area contributed by atoms with E-state index in [4.69, 9.17) is 5.73 Å². The van der Waals surface area contributed by atoms with E-state index >= 15 is 0 Å². The molecule has 4 N–H and O–H groups in total. The van der Waals surface area contributed by atoms with Crippen molar-refractivity contribution in [3.05, 3.63) is 65.5 Å². The van der Waals surface area contributed by atoms with Crippen LogP contribution in [0.25, 0.3) is 0 Å². The number of aryl methyl sites for hydroxylation is 1. The average molecular weight is 326 g/mol. The summed E-state index contributed by atoms with van der Waals surface area (Å²) >= 11 is 0. The zero-order valence-corrected chi connectivity index (χ0v) is 13.7. The van der Waals surface area contributed by atoms with Gasteiger partial charge in [-0.05, 0) is 24.1 Å². The minimum atomic E-state index is -0.732. The van der Waals surface area contributed by atoms with E-state index in [9.17, 15) is 9.59 Å². The fourth-order valence-electron chi connectivity index (χ4n) is 2.13. The third kappa shape index (κ3) is 5.48. The van der Waals surface area contributed by atoms with E-state index in [1.807, 2.05) is 43.3 Å². The summed E-state index contributed by atoms with van der Waals surface area (Å²) in [5.41, 5.74) is 8.70. The Morgan fingerprint density at radius 1 is 1.17 bits per heavy atom. The monoisotopic (exact) mass is 326 g/mol. The Bertz CT molecular complexity index is 671. The highest BCUT2D eigenvalue weighted by atomic mass is 16.2. The maximum Gasteiger partial charge on any atom is 0.241 e. The first-order valence-corrected chi connectivity index (χ1v) is 7.81. The fraction of sp³-hybridized carbons (Fsp3) is 0.278. The van der Waals surface area contributed by atoms with Gasteiger partial charge < -0.3 is 16.4 Å². The number of pyridine rings is 1. The number of amides is 2. The van der Waals surface area contributed by atoms with Crippen LogP contribution in [0.15, 0.2) is 48.8 Å². The first-order chi connectivity index (χ1) is 11.6. The molecule has 0 aliphatic carbocycles. The summed E-state index contributed by atoms with van der Waals surface area (Å²) < 4.78 is 0. The number of hydrogen-bond acceptors (Lipinski definition) is 4. The molecule has 6 nitrogen and oxygen atoms in total. The molecule has 1 unspecified atom stereocenters. The average Bonchev–Trinajstić information content (AvgIpc) is 2.61. The van der Waals surface area contributed by atoms with E-state index in [1.54, 1.807) is 12.4 Å². The van der Waals surface area contributed by atoms with Crippen LogP contribution in [-0.4, -0.2) is 23.3 Å². The number of carbonyl (C=O) groups excluding carboxylic acids is 2. The van der Waals surface area contributed by atoms with Gasteiger partial charge in [0.25, 0.3) is 0 Å². The van der Waals surface area contributed by atoms with Crippen molar-refractivity contribution in [1.82, 2.24) is 15.6 Å². The maximum absolute atomic E-state index is 12.0. The molecule has 1 heterocycles. The smallest absolute Gasteiger partial charge is 0.241 e. The number of nitrogens with zero attached hydrogens (tertiary/aromatic N) is 1. The first kappa shape index (κ1) is 17.6. The molecule has 0 saturated heterocycles. The van der Waals surface area contributed by atoms with Crippen LogP contribution in [0.4, 0.5) is 0 Å². The van der Waals surface area contributed by atoms with Gasteiger partial charge in [0.05, 0.1) is 0 Å². The summed E-state index contributed by atoms with van der Waals surface area (Å²) in [6, 6.07) is 10.5. The summed E-state index contributed by atoms with van der Waals surface area (Å²) in [6.45, 7) is 2.64. The molecule has 24 heavy (non-hydrogen) atoms. The van der Waals surface area contributed by atoms with E-state index < -0.39 is 6.04 Å². The van der Waals surface area contributed by atoms with Gasteiger partial charge >= 0.3 is 0 Å². The van der Waals surface area contributed by atoms with Gasteiger partial charge in [-0.1, -0.05) is 35.9 Å². The molecule has 1 atom stereocenters. The third-order valence-electron chi connectivity index (χ3n) is 3.58. The number of carbonyl (C=O) groups is 2. The van der Waals surface area contributed by atoms with Gasteiger partial charge in [-0.2, -0.15) is 0 Å². The standard InChI is InChI=1S/C18H22N4O2/c1-13-4-6-15(7-5-13)17(19)18(24)21-10-8-16(23)22-12-14-3-2-9-20-11-14/h2-7,9,11,17H,8,10,12,19H2,1H3,(H,21,24)(H,22,23).